The Labute approximate surface area is 141 Å². The van der Waals surface area contributed by atoms with Crippen molar-refractivity contribution in [3.05, 3.63) is 64.9 Å². The van der Waals surface area contributed by atoms with Crippen molar-refractivity contribution in [2.24, 2.45) is 5.92 Å². The van der Waals surface area contributed by atoms with Crippen molar-refractivity contribution in [1.29, 1.82) is 0 Å². The topological polar surface area (TPSA) is 42.4 Å². The number of amides is 1. The van der Waals surface area contributed by atoms with E-state index in [9.17, 15) is 4.79 Å². The number of pyridine rings is 1. The summed E-state index contributed by atoms with van der Waals surface area (Å²) in [5, 5.41) is 0.345. The Morgan fingerprint density at radius 3 is 2.91 bits per heavy atom. The van der Waals surface area contributed by atoms with Crippen molar-refractivity contribution < 1.29 is 9.53 Å². The zero-order chi connectivity index (χ0) is 16.1. The summed E-state index contributed by atoms with van der Waals surface area (Å²) in [6.45, 7) is 2.78. The van der Waals surface area contributed by atoms with E-state index in [0.29, 0.717) is 29.8 Å². The number of benzene rings is 1. The summed E-state index contributed by atoms with van der Waals surface area (Å²) in [5.41, 5.74) is 1.76. The van der Waals surface area contributed by atoms with Crippen molar-refractivity contribution in [3.63, 3.8) is 0 Å². The van der Waals surface area contributed by atoms with Crippen LogP contribution in [0.5, 0.6) is 0 Å². The fourth-order valence-corrected chi connectivity index (χ4v) is 2.96. The molecule has 1 aromatic heterocycles. The molecule has 23 heavy (non-hydrogen) atoms. The van der Waals surface area contributed by atoms with Crippen molar-refractivity contribution in [3.8, 4) is 0 Å². The molecule has 0 radical (unpaired) electrons. The van der Waals surface area contributed by atoms with Crippen LogP contribution >= 0.6 is 11.6 Å². The van der Waals surface area contributed by atoms with Gasteiger partial charge in [-0.1, -0.05) is 41.9 Å². The zero-order valence-electron chi connectivity index (χ0n) is 12.8. The highest BCUT2D eigenvalue weighted by atomic mass is 35.5. The molecule has 0 unspecified atom stereocenters. The zero-order valence-corrected chi connectivity index (χ0v) is 13.6. The predicted octanol–water partition coefficient (Wildman–Crippen LogP) is 3.41. The molecule has 1 saturated heterocycles. The van der Waals surface area contributed by atoms with Gasteiger partial charge in [-0.25, -0.2) is 4.98 Å². The molecular formula is C18H19ClN2O2. The normalized spacial score (nSPS) is 17.4. The molecule has 1 aliphatic rings. The molecule has 2 heterocycles. The van der Waals surface area contributed by atoms with Crippen LogP contribution in [0.1, 0.15) is 22.3 Å². The summed E-state index contributed by atoms with van der Waals surface area (Å²) >= 11 is 5.85. The Balaban J connectivity index is 1.47. The van der Waals surface area contributed by atoms with Crippen LogP contribution in [-0.2, 0) is 11.3 Å². The summed E-state index contributed by atoms with van der Waals surface area (Å²) in [6, 6.07) is 13.4. The van der Waals surface area contributed by atoms with E-state index < -0.39 is 0 Å². The van der Waals surface area contributed by atoms with Gasteiger partial charge in [-0.3, -0.25) is 4.79 Å². The van der Waals surface area contributed by atoms with Crippen LogP contribution in [0.2, 0.25) is 5.15 Å². The largest absolute Gasteiger partial charge is 0.376 e. The lowest BCUT2D eigenvalue weighted by atomic mass is 10.1. The predicted molar refractivity (Wildman–Crippen MR) is 89.4 cm³/mol. The first-order valence-corrected chi connectivity index (χ1v) is 8.12. The van der Waals surface area contributed by atoms with Gasteiger partial charge in [0.1, 0.15) is 5.15 Å². The molecule has 0 aliphatic carbocycles. The molecule has 0 spiro atoms. The highest BCUT2D eigenvalue weighted by Crippen LogP contribution is 2.20. The van der Waals surface area contributed by atoms with Crippen molar-refractivity contribution >= 4 is 17.5 Å². The van der Waals surface area contributed by atoms with Gasteiger partial charge in [0, 0.05) is 30.8 Å². The van der Waals surface area contributed by atoms with Gasteiger partial charge in [0.2, 0.25) is 0 Å². The third-order valence-corrected chi connectivity index (χ3v) is 4.22. The highest BCUT2D eigenvalue weighted by Gasteiger charge is 2.27. The van der Waals surface area contributed by atoms with Crippen molar-refractivity contribution in [2.75, 3.05) is 19.7 Å². The summed E-state index contributed by atoms with van der Waals surface area (Å²) in [7, 11) is 0. The number of likely N-dealkylation sites (tertiary alicyclic amines) is 1. The van der Waals surface area contributed by atoms with Crippen LogP contribution < -0.4 is 0 Å². The van der Waals surface area contributed by atoms with E-state index in [1.54, 1.807) is 18.3 Å². The van der Waals surface area contributed by atoms with Gasteiger partial charge in [0.05, 0.1) is 13.2 Å². The van der Waals surface area contributed by atoms with E-state index in [1.165, 1.54) is 5.56 Å². The second-order valence-corrected chi connectivity index (χ2v) is 6.16. The molecule has 1 aromatic carbocycles. The molecule has 2 aromatic rings. The Bertz CT molecular complexity index is 663. The van der Waals surface area contributed by atoms with Crippen LogP contribution in [0, 0.1) is 5.92 Å². The molecule has 3 rings (SSSR count). The lowest BCUT2D eigenvalue weighted by Gasteiger charge is -2.16. The summed E-state index contributed by atoms with van der Waals surface area (Å²) in [6.07, 6.45) is 2.53. The van der Waals surface area contributed by atoms with E-state index >= 15 is 0 Å². The average molecular weight is 331 g/mol. The van der Waals surface area contributed by atoms with Crippen LogP contribution in [0.25, 0.3) is 0 Å². The average Bonchev–Trinajstić information content (AvgIpc) is 3.04. The SMILES string of the molecule is O=C(c1ccnc(Cl)c1)N1CC[C@H](COCc2ccccc2)C1. The highest BCUT2D eigenvalue weighted by molar-refractivity contribution is 6.29. The molecule has 4 nitrogen and oxygen atoms in total. The molecule has 1 fully saturated rings. The van der Waals surface area contributed by atoms with Gasteiger partial charge in [-0.2, -0.15) is 0 Å². The second kappa shape index (κ2) is 7.57. The minimum Gasteiger partial charge on any atom is -0.376 e. The lowest BCUT2D eigenvalue weighted by Crippen LogP contribution is -2.29. The van der Waals surface area contributed by atoms with Crippen molar-refractivity contribution in [1.82, 2.24) is 9.88 Å². The Kier molecular flexibility index (Phi) is 5.26. The molecular weight excluding hydrogens is 312 g/mol. The minimum atomic E-state index is 0.0138. The maximum Gasteiger partial charge on any atom is 0.254 e. The number of nitrogens with zero attached hydrogens (tertiary/aromatic N) is 2. The van der Waals surface area contributed by atoms with E-state index in [-0.39, 0.29) is 5.91 Å². The van der Waals surface area contributed by atoms with Crippen LogP contribution in [0.3, 0.4) is 0 Å². The van der Waals surface area contributed by atoms with Crippen LogP contribution in [-0.4, -0.2) is 35.5 Å². The number of ether oxygens (including phenoxy) is 1. The van der Waals surface area contributed by atoms with Gasteiger partial charge >= 0.3 is 0 Å². The number of hydrogen-bond donors (Lipinski definition) is 0. The smallest absolute Gasteiger partial charge is 0.254 e. The van der Waals surface area contributed by atoms with E-state index in [1.807, 2.05) is 23.1 Å². The minimum absolute atomic E-state index is 0.0138. The Morgan fingerprint density at radius 1 is 1.30 bits per heavy atom. The molecule has 0 saturated carbocycles. The standard InChI is InChI=1S/C18H19ClN2O2/c19-17-10-16(6-8-20-17)18(22)21-9-7-15(11-21)13-23-12-14-4-2-1-3-5-14/h1-6,8,10,15H,7,9,11-13H2/t15-/m0/s1. The Hall–Kier alpha value is -1.91. The van der Waals surface area contributed by atoms with Gasteiger partial charge in [0.15, 0.2) is 0 Å². The molecule has 120 valence electrons. The number of hydrogen-bond acceptors (Lipinski definition) is 3. The molecule has 1 atom stereocenters. The van der Waals surface area contributed by atoms with E-state index in [2.05, 4.69) is 17.1 Å². The lowest BCUT2D eigenvalue weighted by molar-refractivity contribution is 0.0733. The number of aromatic nitrogens is 1. The first kappa shape index (κ1) is 16.0. The molecule has 1 aliphatic heterocycles. The maximum absolute atomic E-state index is 12.4. The number of carbonyl (C=O) groups is 1. The number of halogens is 1. The molecule has 5 heteroatoms. The second-order valence-electron chi connectivity index (χ2n) is 5.77. The van der Waals surface area contributed by atoms with E-state index in [4.69, 9.17) is 16.3 Å². The Morgan fingerprint density at radius 2 is 2.13 bits per heavy atom. The fourth-order valence-electron chi connectivity index (χ4n) is 2.79. The monoisotopic (exact) mass is 330 g/mol. The van der Waals surface area contributed by atoms with Gasteiger partial charge in [-0.05, 0) is 24.1 Å². The summed E-state index contributed by atoms with van der Waals surface area (Å²) in [4.78, 5) is 18.2. The summed E-state index contributed by atoms with van der Waals surface area (Å²) in [5.74, 6) is 0.403. The quantitative estimate of drug-likeness (QED) is 0.789. The first-order chi connectivity index (χ1) is 11.2. The van der Waals surface area contributed by atoms with Crippen LogP contribution in [0.4, 0.5) is 0 Å². The first-order valence-electron chi connectivity index (χ1n) is 7.75. The number of carbonyl (C=O) groups excluding carboxylic acids is 1. The summed E-state index contributed by atoms with van der Waals surface area (Å²) < 4.78 is 5.79. The molecule has 1 amide bonds. The van der Waals surface area contributed by atoms with Crippen LogP contribution in [0.15, 0.2) is 48.7 Å². The van der Waals surface area contributed by atoms with Gasteiger partial charge in [-0.15, -0.1) is 0 Å². The molecule has 0 N–H and O–H groups in total. The van der Waals surface area contributed by atoms with Gasteiger partial charge in [0.25, 0.3) is 5.91 Å². The van der Waals surface area contributed by atoms with Crippen molar-refractivity contribution in [2.45, 2.75) is 13.0 Å². The van der Waals surface area contributed by atoms with Gasteiger partial charge < -0.3 is 9.64 Å². The van der Waals surface area contributed by atoms with E-state index in [0.717, 1.165) is 19.5 Å². The fraction of sp³-hybridized carbons (Fsp3) is 0.333. The number of rotatable bonds is 5. The third kappa shape index (κ3) is 4.30. The molecule has 0 bridgehead atoms. The third-order valence-electron chi connectivity index (χ3n) is 4.01. The maximum atomic E-state index is 12.4.